The number of nitrogens with one attached hydrogen (secondary N) is 2. The molecule has 0 atom stereocenters. The summed E-state index contributed by atoms with van der Waals surface area (Å²) >= 11 is 0. The van der Waals surface area contributed by atoms with Crippen LogP contribution in [0.2, 0.25) is 0 Å². The van der Waals surface area contributed by atoms with Gasteiger partial charge < -0.3 is 10.6 Å². The Morgan fingerprint density at radius 1 is 0.909 bits per heavy atom. The zero-order valence-corrected chi connectivity index (χ0v) is 14.5. The largest absolute Gasteiger partial charge is 0.353 e. The van der Waals surface area contributed by atoms with Crippen molar-refractivity contribution in [1.82, 2.24) is 5.32 Å². The normalized spacial score (nSPS) is 11.1. The van der Waals surface area contributed by atoms with Gasteiger partial charge in [-0.3, -0.25) is 9.59 Å². The Balaban J connectivity index is 2.96. The van der Waals surface area contributed by atoms with Crippen molar-refractivity contribution in [2.24, 2.45) is 0 Å². The molecular formula is C18H28N2O2. The van der Waals surface area contributed by atoms with Gasteiger partial charge in [0.1, 0.15) is 6.42 Å². The van der Waals surface area contributed by atoms with Crippen LogP contribution < -0.4 is 10.6 Å². The van der Waals surface area contributed by atoms with Crippen molar-refractivity contribution in [2.75, 3.05) is 5.32 Å². The second-order valence-corrected chi connectivity index (χ2v) is 6.57. The maximum atomic E-state index is 12.2. The lowest BCUT2D eigenvalue weighted by Crippen LogP contribution is -2.33. The molecule has 0 bridgehead atoms. The third kappa shape index (κ3) is 5.17. The quantitative estimate of drug-likeness (QED) is 0.786. The van der Waals surface area contributed by atoms with Crippen LogP contribution in [-0.2, 0) is 9.59 Å². The fourth-order valence-corrected chi connectivity index (χ4v) is 2.40. The maximum Gasteiger partial charge on any atom is 0.233 e. The summed E-state index contributed by atoms with van der Waals surface area (Å²) in [6.45, 7) is 12.1. The fourth-order valence-electron chi connectivity index (χ4n) is 2.40. The average Bonchev–Trinajstić information content (AvgIpc) is 2.36. The molecule has 0 radical (unpaired) electrons. The number of para-hydroxylation sites is 1. The molecule has 0 unspecified atom stereocenters. The third-order valence-electron chi connectivity index (χ3n) is 3.41. The molecule has 4 nitrogen and oxygen atoms in total. The van der Waals surface area contributed by atoms with Crippen molar-refractivity contribution in [3.8, 4) is 0 Å². The summed E-state index contributed by atoms with van der Waals surface area (Å²) in [5, 5.41) is 5.68. The highest BCUT2D eigenvalue weighted by atomic mass is 16.2. The third-order valence-corrected chi connectivity index (χ3v) is 3.41. The molecule has 0 saturated heterocycles. The summed E-state index contributed by atoms with van der Waals surface area (Å²) in [5.74, 6) is 0.0887. The number of hydrogen-bond acceptors (Lipinski definition) is 2. The van der Waals surface area contributed by atoms with Gasteiger partial charge in [0, 0.05) is 11.7 Å². The Hall–Kier alpha value is -1.84. The van der Waals surface area contributed by atoms with Gasteiger partial charge >= 0.3 is 0 Å². The molecule has 1 rings (SSSR count). The van der Waals surface area contributed by atoms with E-state index in [2.05, 4.69) is 38.3 Å². The molecule has 122 valence electrons. The fraction of sp³-hybridized carbons (Fsp3) is 0.556. The van der Waals surface area contributed by atoms with Crippen LogP contribution >= 0.6 is 0 Å². The van der Waals surface area contributed by atoms with Crippen LogP contribution in [0.4, 0.5) is 5.69 Å². The van der Waals surface area contributed by atoms with Crippen molar-refractivity contribution in [3.63, 3.8) is 0 Å². The summed E-state index contributed by atoms with van der Waals surface area (Å²) in [7, 11) is 0. The van der Waals surface area contributed by atoms with Crippen LogP contribution in [0.25, 0.3) is 0 Å². The lowest BCUT2D eigenvalue weighted by atomic mass is 9.92. The number of carbonyl (C=O) groups excluding carboxylic acids is 2. The summed E-state index contributed by atoms with van der Waals surface area (Å²) < 4.78 is 0. The van der Waals surface area contributed by atoms with Crippen LogP contribution in [0, 0.1) is 0 Å². The molecule has 1 aromatic carbocycles. The zero-order valence-electron chi connectivity index (χ0n) is 14.5. The van der Waals surface area contributed by atoms with Crippen LogP contribution in [0.3, 0.4) is 0 Å². The van der Waals surface area contributed by atoms with Crippen LogP contribution in [0.15, 0.2) is 18.2 Å². The second kappa shape index (κ2) is 7.97. The molecule has 2 N–H and O–H groups in total. The lowest BCUT2D eigenvalue weighted by Gasteiger charge is -2.20. The van der Waals surface area contributed by atoms with E-state index in [0.717, 1.165) is 16.8 Å². The molecule has 0 aromatic heterocycles. The highest BCUT2D eigenvalue weighted by molar-refractivity contribution is 6.04. The number of hydrogen-bond donors (Lipinski definition) is 2. The van der Waals surface area contributed by atoms with Crippen molar-refractivity contribution in [2.45, 2.75) is 65.8 Å². The van der Waals surface area contributed by atoms with E-state index in [4.69, 9.17) is 0 Å². The Labute approximate surface area is 133 Å². The van der Waals surface area contributed by atoms with E-state index in [1.165, 1.54) is 0 Å². The first-order valence-electron chi connectivity index (χ1n) is 7.94. The van der Waals surface area contributed by atoms with Gasteiger partial charge in [-0.2, -0.15) is 0 Å². The van der Waals surface area contributed by atoms with E-state index in [1.807, 2.05) is 32.0 Å². The smallest absolute Gasteiger partial charge is 0.233 e. The molecule has 0 aliphatic rings. The predicted octanol–water partition coefficient (Wildman–Crippen LogP) is 3.79. The van der Waals surface area contributed by atoms with E-state index < -0.39 is 0 Å². The van der Waals surface area contributed by atoms with Crippen molar-refractivity contribution < 1.29 is 9.59 Å². The number of rotatable bonds is 6. The molecule has 0 spiro atoms. The SMILES string of the molecule is CC(C)NC(=O)CC(=O)Nc1c(C(C)C)cccc1C(C)C. The van der Waals surface area contributed by atoms with Gasteiger partial charge in [0.15, 0.2) is 0 Å². The minimum absolute atomic E-state index is 0.0366. The Bertz CT molecular complexity index is 508. The number of anilines is 1. The van der Waals surface area contributed by atoms with Crippen LogP contribution in [-0.4, -0.2) is 17.9 Å². The second-order valence-electron chi connectivity index (χ2n) is 6.57. The summed E-state index contributed by atoms with van der Waals surface area (Å²) in [6, 6.07) is 6.11. The Morgan fingerprint density at radius 3 is 1.82 bits per heavy atom. The molecule has 0 aliphatic carbocycles. The van der Waals surface area contributed by atoms with Crippen LogP contribution in [0.5, 0.6) is 0 Å². The highest BCUT2D eigenvalue weighted by Crippen LogP contribution is 2.32. The molecule has 0 heterocycles. The van der Waals surface area contributed by atoms with E-state index in [0.29, 0.717) is 11.8 Å². The molecule has 1 aromatic rings. The number of benzene rings is 1. The predicted molar refractivity (Wildman–Crippen MR) is 91.1 cm³/mol. The number of amides is 2. The zero-order chi connectivity index (χ0) is 16.9. The number of carbonyl (C=O) groups is 2. The minimum atomic E-state index is -0.270. The van der Waals surface area contributed by atoms with Gasteiger partial charge in [0.25, 0.3) is 0 Å². The molecule has 22 heavy (non-hydrogen) atoms. The van der Waals surface area contributed by atoms with Crippen molar-refractivity contribution >= 4 is 17.5 Å². The molecule has 0 saturated carbocycles. The van der Waals surface area contributed by atoms with Gasteiger partial charge in [0.2, 0.25) is 11.8 Å². The summed E-state index contributed by atoms with van der Waals surface area (Å²) in [6.07, 6.45) is -0.151. The Kier molecular flexibility index (Phi) is 6.60. The topological polar surface area (TPSA) is 58.2 Å². The Morgan fingerprint density at radius 2 is 1.41 bits per heavy atom. The van der Waals surface area contributed by atoms with Crippen molar-refractivity contribution in [1.29, 1.82) is 0 Å². The summed E-state index contributed by atoms with van der Waals surface area (Å²) in [4.78, 5) is 23.9. The molecule has 0 aliphatic heterocycles. The van der Waals surface area contributed by atoms with Gasteiger partial charge in [0.05, 0.1) is 0 Å². The van der Waals surface area contributed by atoms with Gasteiger partial charge in [-0.1, -0.05) is 45.9 Å². The highest BCUT2D eigenvalue weighted by Gasteiger charge is 2.17. The van der Waals surface area contributed by atoms with E-state index >= 15 is 0 Å². The van der Waals surface area contributed by atoms with Crippen LogP contribution in [0.1, 0.15) is 70.9 Å². The molecule has 0 fully saturated rings. The maximum absolute atomic E-state index is 12.2. The van der Waals surface area contributed by atoms with E-state index in [-0.39, 0.29) is 24.3 Å². The first-order valence-corrected chi connectivity index (χ1v) is 7.94. The minimum Gasteiger partial charge on any atom is -0.353 e. The standard InChI is InChI=1S/C18H28N2O2/c1-11(2)14-8-7-9-15(12(3)4)18(14)20-17(22)10-16(21)19-13(5)6/h7-9,11-13H,10H2,1-6H3,(H,19,21)(H,20,22). The van der Waals surface area contributed by atoms with Gasteiger partial charge in [-0.05, 0) is 36.8 Å². The lowest BCUT2D eigenvalue weighted by molar-refractivity contribution is -0.127. The first-order chi connectivity index (χ1) is 10.2. The molecule has 4 heteroatoms. The summed E-state index contributed by atoms with van der Waals surface area (Å²) in [5.41, 5.74) is 3.06. The monoisotopic (exact) mass is 304 g/mol. The van der Waals surface area contributed by atoms with Gasteiger partial charge in [-0.25, -0.2) is 0 Å². The average molecular weight is 304 g/mol. The molecule has 2 amide bonds. The molecular weight excluding hydrogens is 276 g/mol. The van der Waals surface area contributed by atoms with E-state index in [1.54, 1.807) is 0 Å². The first kappa shape index (κ1) is 18.2. The van der Waals surface area contributed by atoms with Gasteiger partial charge in [-0.15, -0.1) is 0 Å². The van der Waals surface area contributed by atoms with E-state index in [9.17, 15) is 9.59 Å². The van der Waals surface area contributed by atoms with Crippen molar-refractivity contribution in [3.05, 3.63) is 29.3 Å².